The van der Waals surface area contributed by atoms with Gasteiger partial charge in [0, 0.05) is 10.7 Å². The van der Waals surface area contributed by atoms with Gasteiger partial charge in [-0.3, -0.25) is 0 Å². The summed E-state index contributed by atoms with van der Waals surface area (Å²) in [7, 11) is 1.67. The Morgan fingerprint density at radius 3 is 2.58 bits per heavy atom. The van der Waals surface area contributed by atoms with Crippen LogP contribution in [0, 0.1) is 3.57 Å². The van der Waals surface area contributed by atoms with Crippen molar-refractivity contribution in [2.24, 2.45) is 0 Å². The molecule has 0 radical (unpaired) electrons. The van der Waals surface area contributed by atoms with E-state index in [9.17, 15) is 0 Å². The fourth-order valence-corrected chi connectivity index (χ4v) is 1.86. The van der Waals surface area contributed by atoms with Crippen LogP contribution in [0.15, 0.2) is 18.2 Å². The van der Waals surface area contributed by atoms with Gasteiger partial charge in [0.1, 0.15) is 0 Å². The van der Waals surface area contributed by atoms with Crippen molar-refractivity contribution in [2.45, 2.75) is 13.2 Å². The first-order valence-electron chi connectivity index (χ1n) is 3.64. The lowest BCUT2D eigenvalue weighted by atomic mass is 10.1. The molecule has 0 heterocycles. The van der Waals surface area contributed by atoms with E-state index in [0.717, 1.165) is 14.7 Å². The second-order valence-electron chi connectivity index (χ2n) is 2.56. The molecule has 0 saturated carbocycles. The van der Waals surface area contributed by atoms with E-state index >= 15 is 0 Å². The number of methoxy groups -OCH3 is 1. The van der Waals surface area contributed by atoms with E-state index < -0.39 is 0 Å². The smallest absolute Gasteiger partial charge is 0.0713 e. The molecule has 0 fully saturated rings. The number of aliphatic hydroxyl groups is 1. The summed E-state index contributed by atoms with van der Waals surface area (Å²) in [6.07, 6.45) is 0. The summed E-state index contributed by atoms with van der Waals surface area (Å²) < 4.78 is 6.13. The third-order valence-corrected chi connectivity index (χ3v) is 2.13. The van der Waals surface area contributed by atoms with E-state index in [4.69, 9.17) is 9.84 Å². The summed E-state index contributed by atoms with van der Waals surface area (Å²) in [6.45, 7) is 0.692. The molecule has 2 nitrogen and oxygen atoms in total. The predicted molar refractivity (Wildman–Crippen MR) is 55.8 cm³/mol. The average molecular weight is 278 g/mol. The summed E-state index contributed by atoms with van der Waals surface area (Å²) in [5, 5.41) is 8.91. The predicted octanol–water partition coefficient (Wildman–Crippen LogP) is 1.93. The molecule has 1 aromatic rings. The minimum atomic E-state index is 0.0908. The van der Waals surface area contributed by atoms with Crippen molar-refractivity contribution in [3.63, 3.8) is 0 Å². The number of benzene rings is 1. The van der Waals surface area contributed by atoms with Crippen LogP contribution in [0.5, 0.6) is 0 Å². The molecule has 0 aliphatic rings. The van der Waals surface area contributed by atoms with E-state index in [1.807, 2.05) is 18.2 Å². The van der Waals surface area contributed by atoms with Crippen LogP contribution >= 0.6 is 22.6 Å². The van der Waals surface area contributed by atoms with Gasteiger partial charge >= 0.3 is 0 Å². The number of rotatable bonds is 3. The van der Waals surface area contributed by atoms with Crippen LogP contribution in [0.25, 0.3) is 0 Å². The van der Waals surface area contributed by atoms with E-state index in [1.165, 1.54) is 0 Å². The zero-order chi connectivity index (χ0) is 8.97. The maximum atomic E-state index is 8.91. The fraction of sp³-hybridized carbons (Fsp3) is 0.333. The van der Waals surface area contributed by atoms with Gasteiger partial charge in [-0.2, -0.15) is 0 Å². The van der Waals surface area contributed by atoms with Crippen LogP contribution in [-0.4, -0.2) is 12.2 Å². The van der Waals surface area contributed by atoms with Crippen LogP contribution in [0.1, 0.15) is 11.1 Å². The van der Waals surface area contributed by atoms with Crippen molar-refractivity contribution in [3.8, 4) is 0 Å². The molecule has 1 rings (SSSR count). The van der Waals surface area contributed by atoms with Crippen LogP contribution < -0.4 is 0 Å². The summed E-state index contributed by atoms with van der Waals surface area (Å²) in [5.41, 5.74) is 2.04. The molecular formula is C9H11IO2. The molecule has 0 amide bonds. The normalized spacial score (nSPS) is 10.2. The summed E-state index contributed by atoms with van der Waals surface area (Å²) in [4.78, 5) is 0. The highest BCUT2D eigenvalue weighted by Crippen LogP contribution is 2.13. The van der Waals surface area contributed by atoms with Gasteiger partial charge < -0.3 is 9.84 Å². The highest BCUT2D eigenvalue weighted by Gasteiger charge is 1.97. The standard InChI is InChI=1S/C9H11IO2/c1-12-6-8-2-7(5-11)3-9(10)4-8/h2-4,11H,5-6H2,1H3. The first kappa shape index (κ1) is 9.95. The molecule has 3 heteroatoms. The van der Waals surface area contributed by atoms with E-state index in [2.05, 4.69) is 22.6 Å². The molecule has 0 saturated heterocycles. The van der Waals surface area contributed by atoms with E-state index in [0.29, 0.717) is 6.61 Å². The molecule has 1 N–H and O–H groups in total. The van der Waals surface area contributed by atoms with Gasteiger partial charge in [0.25, 0.3) is 0 Å². The topological polar surface area (TPSA) is 29.5 Å². The molecule has 0 aliphatic carbocycles. The summed E-state index contributed by atoms with van der Waals surface area (Å²) in [5.74, 6) is 0. The number of aliphatic hydroxyl groups excluding tert-OH is 1. The molecule has 12 heavy (non-hydrogen) atoms. The quantitative estimate of drug-likeness (QED) is 0.856. The Bertz CT molecular complexity index is 261. The lowest BCUT2D eigenvalue weighted by Crippen LogP contribution is -1.92. The number of halogens is 1. The van der Waals surface area contributed by atoms with Crippen LogP contribution in [0.4, 0.5) is 0 Å². The van der Waals surface area contributed by atoms with E-state index in [-0.39, 0.29) is 6.61 Å². The maximum absolute atomic E-state index is 8.91. The second-order valence-corrected chi connectivity index (χ2v) is 3.80. The highest BCUT2D eigenvalue weighted by molar-refractivity contribution is 14.1. The van der Waals surface area contributed by atoms with Gasteiger partial charge in [-0.25, -0.2) is 0 Å². The van der Waals surface area contributed by atoms with Gasteiger partial charge in [0.15, 0.2) is 0 Å². The molecule has 66 valence electrons. The maximum Gasteiger partial charge on any atom is 0.0713 e. The molecule has 0 aliphatic heterocycles. The first-order chi connectivity index (χ1) is 5.76. The van der Waals surface area contributed by atoms with Crippen molar-refractivity contribution in [1.29, 1.82) is 0 Å². The molecule has 0 aromatic heterocycles. The van der Waals surface area contributed by atoms with Gasteiger partial charge in [0.2, 0.25) is 0 Å². The zero-order valence-electron chi connectivity index (χ0n) is 6.88. The van der Waals surface area contributed by atoms with Gasteiger partial charge in [-0.1, -0.05) is 6.07 Å². The molecule has 0 spiro atoms. The van der Waals surface area contributed by atoms with Crippen molar-refractivity contribution >= 4 is 22.6 Å². The van der Waals surface area contributed by atoms with Crippen molar-refractivity contribution < 1.29 is 9.84 Å². The monoisotopic (exact) mass is 278 g/mol. The molecular weight excluding hydrogens is 267 g/mol. The van der Waals surface area contributed by atoms with Crippen LogP contribution in [-0.2, 0) is 18.0 Å². The number of ether oxygens (including phenoxy) is 1. The molecule has 0 bridgehead atoms. The summed E-state index contributed by atoms with van der Waals surface area (Å²) in [6, 6.07) is 5.95. The van der Waals surface area contributed by atoms with Crippen LogP contribution in [0.2, 0.25) is 0 Å². The van der Waals surface area contributed by atoms with Crippen molar-refractivity contribution in [2.75, 3.05) is 7.11 Å². The Morgan fingerprint density at radius 2 is 2.00 bits per heavy atom. The third kappa shape index (κ3) is 2.73. The largest absolute Gasteiger partial charge is 0.392 e. The van der Waals surface area contributed by atoms with Gasteiger partial charge in [-0.15, -0.1) is 0 Å². The minimum absolute atomic E-state index is 0.0908. The summed E-state index contributed by atoms with van der Waals surface area (Å²) >= 11 is 2.23. The number of hydrogen-bond donors (Lipinski definition) is 1. The third-order valence-electron chi connectivity index (χ3n) is 1.51. The second kappa shape index (κ2) is 4.79. The first-order valence-corrected chi connectivity index (χ1v) is 4.72. The Kier molecular flexibility index (Phi) is 3.97. The van der Waals surface area contributed by atoms with Crippen molar-refractivity contribution in [1.82, 2.24) is 0 Å². The Labute approximate surface area is 85.7 Å². The average Bonchev–Trinajstić information content (AvgIpc) is 2.04. The lowest BCUT2D eigenvalue weighted by molar-refractivity contribution is 0.184. The number of hydrogen-bond acceptors (Lipinski definition) is 2. The molecule has 0 atom stereocenters. The van der Waals surface area contributed by atoms with Crippen LogP contribution in [0.3, 0.4) is 0 Å². The highest BCUT2D eigenvalue weighted by atomic mass is 127. The lowest BCUT2D eigenvalue weighted by Gasteiger charge is -2.03. The zero-order valence-corrected chi connectivity index (χ0v) is 9.04. The Hall–Kier alpha value is -0.130. The molecule has 1 aromatic carbocycles. The van der Waals surface area contributed by atoms with Crippen molar-refractivity contribution in [3.05, 3.63) is 32.9 Å². The minimum Gasteiger partial charge on any atom is -0.392 e. The SMILES string of the molecule is COCc1cc(I)cc(CO)c1. The van der Waals surface area contributed by atoms with Gasteiger partial charge in [-0.05, 0) is 45.9 Å². The molecule has 0 unspecified atom stereocenters. The van der Waals surface area contributed by atoms with Gasteiger partial charge in [0.05, 0.1) is 13.2 Å². The fourth-order valence-electron chi connectivity index (χ4n) is 1.06. The Balaban J connectivity index is 2.90. The van der Waals surface area contributed by atoms with E-state index in [1.54, 1.807) is 7.11 Å². The Morgan fingerprint density at radius 1 is 1.33 bits per heavy atom.